The number of carbonyl (C=O) groups excluding carboxylic acids is 1. The minimum atomic E-state index is 0.324. The van der Waals surface area contributed by atoms with Crippen molar-refractivity contribution in [3.8, 4) is 0 Å². The highest BCUT2D eigenvalue weighted by atomic mass is 16.2. The Hall–Kier alpha value is -0.610. The second-order valence-electron chi connectivity index (χ2n) is 5.29. The Morgan fingerprint density at radius 1 is 1.11 bits per heavy atom. The van der Waals surface area contributed by atoms with Crippen LogP contribution in [0.25, 0.3) is 0 Å². The first-order valence-electron chi connectivity index (χ1n) is 7.32. The molecule has 1 aliphatic rings. The predicted octanol–water partition coefficient (Wildman–Crippen LogP) is 1.27. The maximum absolute atomic E-state index is 12.1. The molecule has 0 bridgehead atoms. The van der Waals surface area contributed by atoms with Crippen molar-refractivity contribution >= 4 is 5.91 Å². The number of nitrogens with zero attached hydrogens (tertiary/aromatic N) is 3. The monoisotopic (exact) mass is 255 g/mol. The third-order valence-corrected chi connectivity index (χ3v) is 3.93. The van der Waals surface area contributed by atoms with E-state index in [1.165, 1.54) is 0 Å². The maximum Gasteiger partial charge on any atom is 0.223 e. The summed E-state index contributed by atoms with van der Waals surface area (Å²) in [7, 11) is 0. The standard InChI is InChI=1S/C14H29N3O/c1-5-15(6-2)8-7-14(18)17-11-9-16(10-12-17)13(3)4/h13H,5-12H2,1-4H3. The first-order chi connectivity index (χ1) is 8.58. The van der Waals surface area contributed by atoms with Crippen molar-refractivity contribution < 1.29 is 4.79 Å². The molecule has 0 saturated carbocycles. The Bertz CT molecular complexity index is 243. The van der Waals surface area contributed by atoms with Gasteiger partial charge < -0.3 is 9.80 Å². The van der Waals surface area contributed by atoms with Crippen molar-refractivity contribution in [2.75, 3.05) is 45.8 Å². The summed E-state index contributed by atoms with van der Waals surface area (Å²) in [6, 6.07) is 0.595. The summed E-state index contributed by atoms with van der Waals surface area (Å²) < 4.78 is 0. The van der Waals surface area contributed by atoms with E-state index >= 15 is 0 Å². The van der Waals surface area contributed by atoms with E-state index in [0.29, 0.717) is 18.4 Å². The van der Waals surface area contributed by atoms with Crippen LogP contribution in [-0.4, -0.2) is 72.5 Å². The Morgan fingerprint density at radius 2 is 1.67 bits per heavy atom. The molecule has 1 amide bonds. The molecule has 0 radical (unpaired) electrons. The topological polar surface area (TPSA) is 26.8 Å². The predicted molar refractivity (Wildman–Crippen MR) is 75.7 cm³/mol. The third-order valence-electron chi connectivity index (χ3n) is 3.93. The van der Waals surface area contributed by atoms with Crippen LogP contribution in [-0.2, 0) is 4.79 Å². The molecule has 0 aromatic rings. The van der Waals surface area contributed by atoms with Gasteiger partial charge >= 0.3 is 0 Å². The number of hydrogen-bond acceptors (Lipinski definition) is 3. The summed E-state index contributed by atoms with van der Waals surface area (Å²) in [6.07, 6.45) is 0.670. The summed E-state index contributed by atoms with van der Waals surface area (Å²) >= 11 is 0. The molecule has 0 unspecified atom stereocenters. The molecule has 1 rings (SSSR count). The zero-order valence-electron chi connectivity index (χ0n) is 12.5. The Morgan fingerprint density at radius 3 is 2.11 bits per heavy atom. The highest BCUT2D eigenvalue weighted by Crippen LogP contribution is 2.07. The van der Waals surface area contributed by atoms with Crippen LogP contribution in [0.1, 0.15) is 34.1 Å². The first-order valence-corrected chi connectivity index (χ1v) is 7.32. The van der Waals surface area contributed by atoms with Gasteiger partial charge in [-0.05, 0) is 26.9 Å². The average Bonchev–Trinajstić information content (AvgIpc) is 2.39. The Labute approximate surface area is 112 Å². The molecule has 0 N–H and O–H groups in total. The molecule has 0 aromatic carbocycles. The van der Waals surface area contributed by atoms with Crippen molar-refractivity contribution in [2.24, 2.45) is 0 Å². The van der Waals surface area contributed by atoms with Crippen molar-refractivity contribution in [1.82, 2.24) is 14.7 Å². The van der Waals surface area contributed by atoms with Gasteiger partial charge in [-0.3, -0.25) is 9.69 Å². The molecule has 0 aromatic heterocycles. The van der Waals surface area contributed by atoms with E-state index in [1.54, 1.807) is 0 Å². The van der Waals surface area contributed by atoms with Crippen LogP contribution in [0.15, 0.2) is 0 Å². The van der Waals surface area contributed by atoms with Gasteiger partial charge in [0.25, 0.3) is 0 Å². The first kappa shape index (κ1) is 15.4. The van der Waals surface area contributed by atoms with Gasteiger partial charge in [0.1, 0.15) is 0 Å². The second-order valence-corrected chi connectivity index (χ2v) is 5.29. The van der Waals surface area contributed by atoms with Crippen molar-refractivity contribution in [2.45, 2.75) is 40.2 Å². The summed E-state index contributed by atoms with van der Waals surface area (Å²) in [5.74, 6) is 0.324. The van der Waals surface area contributed by atoms with Gasteiger partial charge in [0.15, 0.2) is 0 Å². The highest BCUT2D eigenvalue weighted by molar-refractivity contribution is 5.76. The van der Waals surface area contributed by atoms with E-state index in [4.69, 9.17) is 0 Å². The fraction of sp³-hybridized carbons (Fsp3) is 0.929. The number of amides is 1. The van der Waals surface area contributed by atoms with Crippen molar-refractivity contribution in [1.29, 1.82) is 0 Å². The van der Waals surface area contributed by atoms with Gasteiger partial charge in [-0.25, -0.2) is 0 Å². The molecular formula is C14H29N3O. The Kier molecular flexibility index (Phi) is 6.65. The smallest absolute Gasteiger partial charge is 0.223 e. The molecule has 106 valence electrons. The molecule has 0 spiro atoms. The van der Waals surface area contributed by atoms with Gasteiger partial charge in [0.05, 0.1) is 0 Å². The van der Waals surface area contributed by atoms with Crippen LogP contribution in [0.4, 0.5) is 0 Å². The van der Waals surface area contributed by atoms with Crippen LogP contribution >= 0.6 is 0 Å². The van der Waals surface area contributed by atoms with Gasteiger partial charge in [0.2, 0.25) is 5.91 Å². The zero-order valence-corrected chi connectivity index (χ0v) is 12.5. The minimum Gasteiger partial charge on any atom is -0.340 e. The van der Waals surface area contributed by atoms with Gasteiger partial charge in [-0.1, -0.05) is 13.8 Å². The largest absolute Gasteiger partial charge is 0.340 e. The van der Waals surface area contributed by atoms with Crippen molar-refractivity contribution in [3.63, 3.8) is 0 Å². The molecule has 18 heavy (non-hydrogen) atoms. The van der Waals surface area contributed by atoms with Crippen LogP contribution in [0, 0.1) is 0 Å². The second kappa shape index (κ2) is 7.74. The summed E-state index contributed by atoms with van der Waals surface area (Å²) in [5.41, 5.74) is 0. The lowest BCUT2D eigenvalue weighted by molar-refractivity contribution is -0.133. The van der Waals surface area contributed by atoms with Crippen LogP contribution in [0.3, 0.4) is 0 Å². The normalized spacial score (nSPS) is 17.8. The molecule has 4 heteroatoms. The Balaban J connectivity index is 2.27. The van der Waals surface area contributed by atoms with Crippen LogP contribution in [0.2, 0.25) is 0 Å². The van der Waals surface area contributed by atoms with E-state index < -0.39 is 0 Å². The summed E-state index contributed by atoms with van der Waals surface area (Å²) in [5, 5.41) is 0. The molecule has 1 saturated heterocycles. The summed E-state index contributed by atoms with van der Waals surface area (Å²) in [6.45, 7) is 15.5. The fourth-order valence-electron chi connectivity index (χ4n) is 2.44. The lowest BCUT2D eigenvalue weighted by atomic mass is 10.2. The summed E-state index contributed by atoms with van der Waals surface area (Å²) in [4.78, 5) is 18.9. The lowest BCUT2D eigenvalue weighted by Crippen LogP contribution is -2.51. The van der Waals surface area contributed by atoms with Gasteiger partial charge in [-0.2, -0.15) is 0 Å². The molecule has 1 heterocycles. The third kappa shape index (κ3) is 4.58. The SMILES string of the molecule is CCN(CC)CCC(=O)N1CCN(C(C)C)CC1. The maximum atomic E-state index is 12.1. The molecule has 0 atom stereocenters. The average molecular weight is 255 g/mol. The molecule has 1 fully saturated rings. The van der Waals surface area contributed by atoms with E-state index in [2.05, 4.69) is 37.5 Å². The van der Waals surface area contributed by atoms with Crippen LogP contribution < -0.4 is 0 Å². The minimum absolute atomic E-state index is 0.324. The quantitative estimate of drug-likeness (QED) is 0.715. The van der Waals surface area contributed by atoms with E-state index in [9.17, 15) is 4.79 Å². The molecule has 4 nitrogen and oxygen atoms in total. The van der Waals surface area contributed by atoms with E-state index in [-0.39, 0.29) is 0 Å². The van der Waals surface area contributed by atoms with Gasteiger partial charge in [0, 0.05) is 45.2 Å². The number of carbonyl (C=O) groups is 1. The lowest BCUT2D eigenvalue weighted by Gasteiger charge is -2.37. The molecular weight excluding hydrogens is 226 g/mol. The van der Waals surface area contributed by atoms with Gasteiger partial charge in [-0.15, -0.1) is 0 Å². The zero-order chi connectivity index (χ0) is 13.5. The fourth-order valence-corrected chi connectivity index (χ4v) is 2.44. The molecule has 1 aliphatic heterocycles. The highest BCUT2D eigenvalue weighted by Gasteiger charge is 2.22. The number of rotatable bonds is 6. The van der Waals surface area contributed by atoms with E-state index in [1.807, 2.05) is 4.90 Å². The number of hydrogen-bond donors (Lipinski definition) is 0. The van der Waals surface area contributed by atoms with Crippen LogP contribution in [0.5, 0.6) is 0 Å². The van der Waals surface area contributed by atoms with E-state index in [0.717, 1.165) is 45.8 Å². The van der Waals surface area contributed by atoms with Crippen molar-refractivity contribution in [3.05, 3.63) is 0 Å². The molecule has 0 aliphatic carbocycles. The number of piperazine rings is 1.